The lowest BCUT2D eigenvalue weighted by atomic mass is 9.69. The third kappa shape index (κ3) is 5.92. The number of hydrogen-bond donors (Lipinski definition) is 2. The number of ketones is 2. The Morgan fingerprint density at radius 1 is 0.652 bits per heavy atom. The van der Waals surface area contributed by atoms with Crippen molar-refractivity contribution in [3.05, 3.63) is 115 Å². The van der Waals surface area contributed by atoms with Gasteiger partial charge < -0.3 is 10.6 Å². The number of benzene rings is 2. The predicted molar refractivity (Wildman–Crippen MR) is 175 cm³/mol. The van der Waals surface area contributed by atoms with Crippen LogP contribution >= 0.6 is 21.6 Å². The molecule has 2 heterocycles. The highest BCUT2D eigenvalue weighted by Crippen LogP contribution is 2.53. The van der Waals surface area contributed by atoms with Crippen molar-refractivity contribution in [1.29, 1.82) is 10.5 Å². The highest BCUT2D eigenvalue weighted by atomic mass is 33.1. The lowest BCUT2D eigenvalue weighted by Gasteiger charge is -2.40. The van der Waals surface area contributed by atoms with Gasteiger partial charge in [0.15, 0.2) is 11.6 Å². The summed E-state index contributed by atoms with van der Waals surface area (Å²) in [6, 6.07) is 16.4. The van der Waals surface area contributed by atoms with Crippen molar-refractivity contribution in [2.24, 2.45) is 10.8 Å². The molecule has 6 nitrogen and oxygen atoms in total. The maximum atomic E-state index is 13.9. The van der Waals surface area contributed by atoms with E-state index >= 15 is 0 Å². The van der Waals surface area contributed by atoms with Crippen molar-refractivity contribution in [2.45, 2.75) is 65.2 Å². The first-order valence-electron chi connectivity index (χ1n) is 15.0. The average molecular weight is 655 g/mol. The summed E-state index contributed by atoms with van der Waals surface area (Å²) in [5, 5.41) is 28.8. The summed E-state index contributed by atoms with van der Waals surface area (Å²) in [5.41, 5.74) is 3.87. The Hall–Kier alpha value is -4.12. The first-order chi connectivity index (χ1) is 21.8. The van der Waals surface area contributed by atoms with E-state index in [-0.39, 0.29) is 22.4 Å². The topological polar surface area (TPSA) is 106 Å². The van der Waals surface area contributed by atoms with Gasteiger partial charge in [0.25, 0.3) is 0 Å². The summed E-state index contributed by atoms with van der Waals surface area (Å²) in [7, 11) is 2.52. The molecule has 0 amide bonds. The molecule has 0 fully saturated rings. The molecule has 6 rings (SSSR count). The van der Waals surface area contributed by atoms with E-state index in [0.717, 1.165) is 11.4 Å². The van der Waals surface area contributed by atoms with Gasteiger partial charge in [-0.2, -0.15) is 10.5 Å². The molecule has 46 heavy (non-hydrogen) atoms. The number of allylic oxidation sites excluding steroid dienone is 6. The molecular formula is C36H32F2N4O2S2. The van der Waals surface area contributed by atoms with E-state index in [1.807, 2.05) is 27.7 Å². The smallest absolute Gasteiger partial charge is 0.162 e. The molecule has 2 aliphatic heterocycles. The van der Waals surface area contributed by atoms with Gasteiger partial charge in [-0.25, -0.2) is 8.78 Å². The molecule has 2 aromatic carbocycles. The van der Waals surface area contributed by atoms with Crippen LogP contribution in [-0.2, 0) is 9.59 Å². The first kappa shape index (κ1) is 31.8. The van der Waals surface area contributed by atoms with E-state index in [4.69, 9.17) is 0 Å². The van der Waals surface area contributed by atoms with Crippen LogP contribution in [0, 0.1) is 45.1 Å². The van der Waals surface area contributed by atoms with Crippen LogP contribution in [0.5, 0.6) is 0 Å². The maximum absolute atomic E-state index is 13.9. The SMILES string of the molecule is CC1(C)CC(=O)C2=C(C1)NC(SSC1=C(C#N)[C@H](c3ccc(F)cc3)C3=C(CC(C)(C)CC3=O)N1)=C(C#N)[C@H]2c1ccc(F)cc1. The van der Waals surface area contributed by atoms with Crippen LogP contribution in [0.4, 0.5) is 8.78 Å². The zero-order valence-electron chi connectivity index (χ0n) is 25.9. The van der Waals surface area contributed by atoms with Crippen LogP contribution in [0.25, 0.3) is 0 Å². The molecule has 2 N–H and O–H groups in total. The molecule has 0 saturated heterocycles. The summed E-state index contributed by atoms with van der Waals surface area (Å²) in [6.45, 7) is 8.10. The highest BCUT2D eigenvalue weighted by molar-refractivity contribution is 8.79. The minimum atomic E-state index is -0.671. The molecule has 10 heteroatoms. The van der Waals surface area contributed by atoms with Crippen molar-refractivity contribution in [3.8, 4) is 12.1 Å². The second-order valence-corrected chi connectivity index (χ2v) is 15.9. The molecule has 0 bridgehead atoms. The fourth-order valence-electron chi connectivity index (χ4n) is 6.94. The van der Waals surface area contributed by atoms with E-state index < -0.39 is 23.5 Å². The molecule has 0 unspecified atom stereocenters. The summed E-state index contributed by atoms with van der Waals surface area (Å²) >= 11 is 0. The summed E-state index contributed by atoms with van der Waals surface area (Å²) in [5.74, 6) is -2.27. The third-order valence-corrected chi connectivity index (χ3v) is 11.2. The zero-order valence-corrected chi connectivity index (χ0v) is 27.5. The van der Waals surface area contributed by atoms with E-state index in [1.165, 1.54) is 45.9 Å². The van der Waals surface area contributed by atoms with Crippen molar-refractivity contribution in [2.75, 3.05) is 0 Å². The van der Waals surface area contributed by atoms with Crippen LogP contribution in [0.2, 0.25) is 0 Å². The van der Waals surface area contributed by atoms with Gasteiger partial charge >= 0.3 is 0 Å². The van der Waals surface area contributed by atoms with Gasteiger partial charge in [-0.15, -0.1) is 0 Å². The molecule has 0 saturated carbocycles. The van der Waals surface area contributed by atoms with Crippen LogP contribution < -0.4 is 10.6 Å². The van der Waals surface area contributed by atoms with Crippen LogP contribution in [-0.4, -0.2) is 11.6 Å². The number of carbonyl (C=O) groups excluding carboxylic acids is 2. The largest absolute Gasteiger partial charge is 0.352 e. The maximum Gasteiger partial charge on any atom is 0.162 e. The van der Waals surface area contributed by atoms with E-state index in [2.05, 4.69) is 22.8 Å². The lowest BCUT2D eigenvalue weighted by molar-refractivity contribution is -0.119. The molecule has 0 aromatic heterocycles. The molecule has 2 aromatic rings. The number of hydrogen-bond acceptors (Lipinski definition) is 8. The second-order valence-electron chi connectivity index (χ2n) is 13.8. The third-order valence-electron chi connectivity index (χ3n) is 8.87. The van der Waals surface area contributed by atoms with Gasteiger partial charge in [-0.05, 0) is 80.7 Å². The number of rotatable bonds is 5. The van der Waals surface area contributed by atoms with Gasteiger partial charge in [0, 0.05) is 35.4 Å². The number of nitrogens with one attached hydrogen (secondary N) is 2. The minimum absolute atomic E-state index is 0.0489. The van der Waals surface area contributed by atoms with E-state index in [1.54, 1.807) is 24.3 Å². The van der Waals surface area contributed by atoms with Gasteiger partial charge in [0.1, 0.15) is 11.6 Å². The first-order valence-corrected chi connectivity index (χ1v) is 17.2. The van der Waals surface area contributed by atoms with Crippen LogP contribution in [0.1, 0.15) is 76.3 Å². The Labute approximate surface area is 275 Å². The highest BCUT2D eigenvalue weighted by Gasteiger charge is 2.44. The van der Waals surface area contributed by atoms with Crippen molar-refractivity contribution < 1.29 is 18.4 Å². The van der Waals surface area contributed by atoms with Gasteiger partial charge in [-0.3, -0.25) is 9.59 Å². The number of dihydropyridines is 2. The van der Waals surface area contributed by atoms with Gasteiger partial charge in [0.05, 0.1) is 45.2 Å². The number of nitriles is 2. The second kappa shape index (κ2) is 11.9. The van der Waals surface area contributed by atoms with Gasteiger partial charge in [0.2, 0.25) is 0 Å². The Balaban J connectivity index is 1.42. The van der Waals surface area contributed by atoms with Crippen molar-refractivity contribution in [3.63, 3.8) is 0 Å². The Bertz CT molecular complexity index is 1740. The summed E-state index contributed by atoms with van der Waals surface area (Å²) in [6.07, 6.45) is 1.84. The number of nitrogens with zero attached hydrogens (tertiary/aromatic N) is 2. The molecule has 234 valence electrons. The quantitative estimate of drug-likeness (QED) is 0.311. The van der Waals surface area contributed by atoms with Crippen LogP contribution in [0.15, 0.2) is 92.3 Å². The number of Topliss-reactive ketones (excluding diaryl/α,β-unsaturated/α-hetero) is 2. The van der Waals surface area contributed by atoms with E-state index in [9.17, 15) is 28.9 Å². The van der Waals surface area contributed by atoms with Gasteiger partial charge in [-0.1, -0.05) is 52.0 Å². The minimum Gasteiger partial charge on any atom is -0.352 e. The number of halogens is 2. The lowest BCUT2D eigenvalue weighted by Crippen LogP contribution is -2.37. The van der Waals surface area contributed by atoms with Crippen molar-refractivity contribution >= 4 is 33.2 Å². The molecule has 0 spiro atoms. The molecule has 2 aliphatic carbocycles. The standard InChI is InChI=1S/C36H32F2N4O2S2/c1-35(2)13-25-31(27(43)15-35)29(19-5-9-21(37)10-6-19)23(17-39)33(41-25)45-46-34-24(18-40)30(20-7-11-22(38)12-8-20)32-26(42-34)14-36(3,4)16-28(32)44/h5-12,29-30,41-42H,13-16H2,1-4H3/t29-,30+. The Kier molecular flexibility index (Phi) is 8.25. The molecule has 4 aliphatic rings. The molecular weight excluding hydrogens is 623 g/mol. The van der Waals surface area contributed by atoms with Crippen LogP contribution in [0.3, 0.4) is 0 Å². The fraction of sp³-hybridized carbons (Fsp3) is 0.333. The zero-order chi connectivity index (χ0) is 33.0. The van der Waals surface area contributed by atoms with E-state index in [0.29, 0.717) is 69.2 Å². The Morgan fingerprint density at radius 3 is 1.33 bits per heavy atom. The predicted octanol–water partition coefficient (Wildman–Crippen LogP) is 8.18. The normalized spacial score (nSPS) is 23.7. The molecule has 0 radical (unpaired) electrons. The van der Waals surface area contributed by atoms with Crippen molar-refractivity contribution in [1.82, 2.24) is 10.6 Å². The summed E-state index contributed by atoms with van der Waals surface area (Å²) in [4.78, 5) is 27.1. The fourth-order valence-corrected chi connectivity index (χ4v) is 9.24. The Morgan fingerprint density at radius 2 is 1.00 bits per heavy atom. The molecule has 2 atom stereocenters. The average Bonchev–Trinajstić information content (AvgIpc) is 2.98. The number of carbonyl (C=O) groups is 2. The monoisotopic (exact) mass is 654 g/mol. The summed E-state index contributed by atoms with van der Waals surface area (Å²) < 4.78 is 27.8.